The average molecular weight is 796 g/mol. The highest BCUT2D eigenvalue weighted by Crippen LogP contribution is 2.78. The Labute approximate surface area is 348 Å². The maximum atomic E-state index is 15.1. The van der Waals surface area contributed by atoms with Crippen LogP contribution in [0.2, 0.25) is 0 Å². The fraction of sp³-hybridized carbons (Fsp3) is 0.765. The van der Waals surface area contributed by atoms with Gasteiger partial charge in [-0.2, -0.15) is 0 Å². The van der Waals surface area contributed by atoms with Crippen LogP contribution < -0.4 is 4.74 Å². The Bertz CT molecular complexity index is 1850. The van der Waals surface area contributed by atoms with Gasteiger partial charge in [-0.25, -0.2) is 4.79 Å². The topological polar surface area (TPSA) is 96.3 Å². The Morgan fingerprint density at radius 2 is 1.59 bits per heavy atom. The Morgan fingerprint density at radius 3 is 2.28 bits per heavy atom. The van der Waals surface area contributed by atoms with Crippen molar-refractivity contribution in [2.45, 2.75) is 150 Å². The van der Waals surface area contributed by atoms with Gasteiger partial charge >= 0.3 is 6.09 Å². The van der Waals surface area contributed by atoms with Crippen molar-refractivity contribution in [1.82, 2.24) is 4.90 Å². The summed E-state index contributed by atoms with van der Waals surface area (Å²) in [6, 6.07) is 7.51. The molecule has 7 saturated carbocycles. The highest BCUT2D eigenvalue weighted by atomic mass is 16.6. The quantitative estimate of drug-likeness (QED) is 0.191. The van der Waals surface area contributed by atoms with E-state index in [1.165, 1.54) is 19.3 Å². The molecule has 10 aliphatic carbocycles. The number of Topliss-reactive ketones (excluding diaryl/α,β-unsaturated/α-hetero) is 1. The van der Waals surface area contributed by atoms with Gasteiger partial charge in [-0.3, -0.25) is 4.79 Å². The molecule has 0 saturated heterocycles. The number of carbonyl (C=O) groups is 2. The molecule has 318 valence electrons. The average Bonchev–Trinajstić information content (AvgIpc) is 3.46. The lowest BCUT2D eigenvalue weighted by molar-refractivity contribution is -0.177. The summed E-state index contributed by atoms with van der Waals surface area (Å²) in [5.41, 5.74) is -0.961. The normalized spacial score (nSPS) is 45.6. The Balaban J connectivity index is 1.08. The van der Waals surface area contributed by atoms with Crippen LogP contribution in [-0.4, -0.2) is 65.0 Å². The van der Waals surface area contributed by atoms with Crippen LogP contribution in [0.5, 0.6) is 5.75 Å². The second-order valence-corrected chi connectivity index (χ2v) is 22.7. The smallest absolute Gasteiger partial charge is 0.410 e. The molecule has 0 aliphatic heterocycles. The van der Waals surface area contributed by atoms with Crippen molar-refractivity contribution in [2.75, 3.05) is 20.2 Å². The van der Waals surface area contributed by atoms with Crippen molar-refractivity contribution < 1.29 is 29.3 Å². The number of allylic oxidation sites excluding steroid dienone is 4. The molecule has 14 unspecified atom stereocenters. The summed E-state index contributed by atoms with van der Waals surface area (Å²) >= 11 is 0. The van der Waals surface area contributed by atoms with Crippen LogP contribution in [-0.2, 0) is 4.74 Å². The summed E-state index contributed by atoms with van der Waals surface area (Å²) in [7, 11) is 1.64. The van der Waals surface area contributed by atoms with Gasteiger partial charge in [0.2, 0.25) is 0 Å². The van der Waals surface area contributed by atoms with E-state index in [-0.39, 0.29) is 47.2 Å². The van der Waals surface area contributed by atoms with Crippen LogP contribution in [0.25, 0.3) is 0 Å². The molecule has 1 aromatic carbocycles. The highest BCUT2D eigenvalue weighted by Gasteiger charge is 2.74. The predicted octanol–water partition coefficient (Wildman–Crippen LogP) is 10.4. The third-order valence-corrected chi connectivity index (χ3v) is 19.7. The summed E-state index contributed by atoms with van der Waals surface area (Å²) in [6.45, 7) is 17.3. The number of hydrogen-bond donors (Lipinski definition) is 2. The molecule has 58 heavy (non-hydrogen) atoms. The molecule has 0 aromatic heterocycles. The third kappa shape index (κ3) is 5.76. The van der Waals surface area contributed by atoms with Crippen molar-refractivity contribution in [3.63, 3.8) is 0 Å². The lowest BCUT2D eigenvalue weighted by atomic mass is 9.32. The highest BCUT2D eigenvalue weighted by molar-refractivity contribution is 6.10. The lowest BCUT2D eigenvalue weighted by Crippen LogP contribution is -2.67. The summed E-state index contributed by atoms with van der Waals surface area (Å²) < 4.78 is 12.1. The number of aliphatic hydroxyl groups excluding tert-OH is 1. The van der Waals surface area contributed by atoms with Crippen LogP contribution in [0.15, 0.2) is 48.1 Å². The van der Waals surface area contributed by atoms with Crippen LogP contribution in [0.3, 0.4) is 0 Å². The molecule has 7 nitrogen and oxygen atoms in total. The maximum absolute atomic E-state index is 15.1. The zero-order valence-electron chi connectivity index (χ0n) is 36.9. The molecule has 2 spiro atoms. The minimum Gasteiger partial charge on any atom is -0.497 e. The Morgan fingerprint density at radius 1 is 0.879 bits per heavy atom. The number of rotatable bonds is 9. The van der Waals surface area contributed by atoms with Crippen molar-refractivity contribution in [3.8, 4) is 5.75 Å². The molecule has 0 radical (unpaired) electrons. The van der Waals surface area contributed by atoms with E-state index in [9.17, 15) is 15.0 Å². The summed E-state index contributed by atoms with van der Waals surface area (Å²) in [5, 5.41) is 24.6. The molecule has 4 bridgehead atoms. The number of aliphatic hydroxyl groups is 2. The molecular weight excluding hydrogens is 723 g/mol. The minimum absolute atomic E-state index is 0.0128. The molecule has 2 N–H and O–H groups in total. The second kappa shape index (κ2) is 13.9. The van der Waals surface area contributed by atoms with E-state index in [2.05, 4.69) is 66.7 Å². The number of hydrogen-bond acceptors (Lipinski definition) is 6. The van der Waals surface area contributed by atoms with E-state index in [1.807, 2.05) is 29.2 Å². The van der Waals surface area contributed by atoms with E-state index in [0.29, 0.717) is 60.3 Å². The van der Waals surface area contributed by atoms with Crippen molar-refractivity contribution in [3.05, 3.63) is 53.6 Å². The molecular formula is C51H73NO6. The summed E-state index contributed by atoms with van der Waals surface area (Å²) in [4.78, 5) is 31.9. The number of ketones is 1. The van der Waals surface area contributed by atoms with Crippen LogP contribution in [0.1, 0.15) is 142 Å². The molecule has 14 atom stereocenters. The van der Waals surface area contributed by atoms with Gasteiger partial charge in [0.05, 0.1) is 25.4 Å². The number of carbonyl (C=O) groups excluding carboxylic acids is 2. The maximum Gasteiger partial charge on any atom is 0.410 e. The summed E-state index contributed by atoms with van der Waals surface area (Å²) in [5.74, 6) is 4.04. The van der Waals surface area contributed by atoms with Gasteiger partial charge in [0, 0.05) is 33.9 Å². The van der Waals surface area contributed by atoms with Crippen molar-refractivity contribution in [2.24, 2.45) is 74.4 Å². The van der Waals surface area contributed by atoms with Gasteiger partial charge in [-0.1, -0.05) is 73.1 Å². The second-order valence-electron chi connectivity index (χ2n) is 22.7. The zero-order valence-corrected chi connectivity index (χ0v) is 36.9. The standard InChI is InChI=1S/C51H73NO6/c1-31(2)38-16-9-32(3)25-41(38)58-45(55)52(29-34-10-13-35-26-39(34)46(35,4)5)30-50(56)22-19-43-48(50,7)21-18-42-47(6)20-17-36(53)27-49(47)23-24-51(42,43)40(28-49)44(54)33-11-14-37(57-8)15-12-33/h11-12,14-15,23-24,28,31-32,34-36,38-39,41-43,53,56H,9-10,13,16-22,25-27,29-30H2,1-8H3. The van der Waals surface area contributed by atoms with Gasteiger partial charge in [0.25, 0.3) is 0 Å². The summed E-state index contributed by atoms with van der Waals surface area (Å²) in [6.07, 6.45) is 18.5. The number of ether oxygens (including phenoxy) is 2. The molecule has 11 rings (SSSR count). The number of amides is 1. The molecule has 7 fully saturated rings. The first-order valence-electron chi connectivity index (χ1n) is 23.4. The van der Waals surface area contributed by atoms with Gasteiger partial charge in [-0.15, -0.1) is 0 Å². The first-order chi connectivity index (χ1) is 27.4. The molecule has 1 aromatic rings. The van der Waals surface area contributed by atoms with E-state index >= 15 is 4.79 Å². The largest absolute Gasteiger partial charge is 0.497 e. The number of benzene rings is 1. The first kappa shape index (κ1) is 40.7. The van der Waals surface area contributed by atoms with Crippen LogP contribution in [0, 0.1) is 74.4 Å². The van der Waals surface area contributed by atoms with Gasteiger partial charge in [-0.05, 0) is 159 Å². The van der Waals surface area contributed by atoms with Crippen molar-refractivity contribution >= 4 is 11.9 Å². The molecule has 0 heterocycles. The third-order valence-electron chi connectivity index (χ3n) is 19.7. The SMILES string of the molecule is COc1ccc(C(=O)C2=CC34C=CC25C(CCC2(C)C5CCC2(O)CN(CC2CCC5CC2C5(C)C)C(=O)OC2CC(C)CCC2C(C)C)C3(C)CCC(O)C4)cc1. The molecule has 1 amide bonds. The van der Waals surface area contributed by atoms with Crippen LogP contribution >= 0.6 is 0 Å². The molecule has 7 heteroatoms. The number of fused-ring (bicyclic) bond motifs is 3. The van der Waals surface area contributed by atoms with E-state index in [4.69, 9.17) is 9.47 Å². The minimum atomic E-state index is -1.14. The Hall–Kier alpha value is -2.64. The zero-order chi connectivity index (χ0) is 41.2. The van der Waals surface area contributed by atoms with E-state index in [0.717, 1.165) is 62.9 Å². The van der Waals surface area contributed by atoms with Gasteiger partial charge in [0.15, 0.2) is 5.78 Å². The fourth-order valence-electron chi connectivity index (χ4n) is 15.9. The fourth-order valence-corrected chi connectivity index (χ4v) is 15.9. The number of nitrogens with zero attached hydrogens (tertiary/aromatic N) is 1. The monoisotopic (exact) mass is 796 g/mol. The Kier molecular flexibility index (Phi) is 9.80. The number of methoxy groups -OCH3 is 1. The van der Waals surface area contributed by atoms with E-state index in [1.54, 1.807) is 7.11 Å². The van der Waals surface area contributed by atoms with Gasteiger partial charge < -0.3 is 24.6 Å². The van der Waals surface area contributed by atoms with E-state index < -0.39 is 27.9 Å². The molecule has 10 aliphatic rings. The van der Waals surface area contributed by atoms with Gasteiger partial charge in [0.1, 0.15) is 11.9 Å². The van der Waals surface area contributed by atoms with Crippen LogP contribution in [0.4, 0.5) is 4.79 Å². The first-order valence-corrected chi connectivity index (χ1v) is 23.4. The predicted molar refractivity (Wildman–Crippen MR) is 227 cm³/mol. The van der Waals surface area contributed by atoms with Crippen molar-refractivity contribution in [1.29, 1.82) is 0 Å². The lowest BCUT2D eigenvalue weighted by Gasteiger charge is -2.71.